The van der Waals surface area contributed by atoms with E-state index in [9.17, 15) is 14.7 Å². The van der Waals surface area contributed by atoms with E-state index >= 15 is 0 Å². The van der Waals surface area contributed by atoms with Crippen LogP contribution in [0, 0.1) is 0 Å². The predicted molar refractivity (Wildman–Crippen MR) is 142 cm³/mol. The summed E-state index contributed by atoms with van der Waals surface area (Å²) in [5.74, 6) is -1.74. The van der Waals surface area contributed by atoms with Gasteiger partial charge in [-0.25, -0.2) is 0 Å². The molecule has 1 heterocycles. The van der Waals surface area contributed by atoms with Gasteiger partial charge in [0.2, 0.25) is 0 Å². The number of Topliss-reactive ketones (excluding diaryl/α,β-unsaturated/α-hetero) is 1. The lowest BCUT2D eigenvalue weighted by molar-refractivity contribution is -0.132. The molecule has 180 valence electrons. The van der Waals surface area contributed by atoms with Crippen LogP contribution in [0.4, 0.5) is 5.69 Å². The van der Waals surface area contributed by atoms with Crippen molar-refractivity contribution in [3.63, 3.8) is 0 Å². The SMILES string of the molecule is CCc1ccc(C2/C(=C(/O)c3ccc(Cl)c(Cl)c3)C(=O)C(=O)N2c2ccc(C(C)(C)C)cc2)cc1. The number of aliphatic hydroxyl groups excluding tert-OH is 1. The van der Waals surface area contributed by atoms with Gasteiger partial charge in [-0.1, -0.05) is 87.3 Å². The Morgan fingerprint density at radius 2 is 1.54 bits per heavy atom. The molecule has 0 bridgehead atoms. The lowest BCUT2D eigenvalue weighted by Crippen LogP contribution is -2.29. The number of carbonyl (C=O) groups is 2. The molecule has 1 unspecified atom stereocenters. The fraction of sp³-hybridized carbons (Fsp3) is 0.241. The minimum Gasteiger partial charge on any atom is -0.507 e. The molecular formula is C29H27Cl2NO3. The Morgan fingerprint density at radius 1 is 0.914 bits per heavy atom. The van der Waals surface area contributed by atoms with Gasteiger partial charge in [0.25, 0.3) is 11.7 Å². The van der Waals surface area contributed by atoms with Crippen LogP contribution >= 0.6 is 23.2 Å². The second-order valence-corrected chi connectivity index (χ2v) is 10.5. The lowest BCUT2D eigenvalue weighted by atomic mass is 9.87. The Morgan fingerprint density at radius 3 is 2.09 bits per heavy atom. The number of aliphatic hydroxyl groups is 1. The summed E-state index contributed by atoms with van der Waals surface area (Å²) in [6, 6.07) is 19.2. The van der Waals surface area contributed by atoms with Crippen molar-refractivity contribution in [2.45, 2.75) is 45.6 Å². The average molecular weight is 508 g/mol. The molecule has 6 heteroatoms. The second-order valence-electron chi connectivity index (χ2n) is 9.69. The lowest BCUT2D eigenvalue weighted by Gasteiger charge is -2.27. The van der Waals surface area contributed by atoms with Crippen molar-refractivity contribution >= 4 is 46.3 Å². The molecule has 1 aliphatic heterocycles. The summed E-state index contributed by atoms with van der Waals surface area (Å²) < 4.78 is 0. The van der Waals surface area contributed by atoms with E-state index in [1.54, 1.807) is 12.1 Å². The van der Waals surface area contributed by atoms with Gasteiger partial charge in [-0.15, -0.1) is 0 Å². The zero-order valence-electron chi connectivity index (χ0n) is 20.1. The number of hydrogen-bond acceptors (Lipinski definition) is 3. The zero-order chi connectivity index (χ0) is 25.5. The van der Waals surface area contributed by atoms with Crippen molar-refractivity contribution in [1.82, 2.24) is 0 Å². The molecule has 0 spiro atoms. The predicted octanol–water partition coefficient (Wildman–Crippen LogP) is 7.48. The first-order valence-electron chi connectivity index (χ1n) is 11.5. The van der Waals surface area contributed by atoms with Gasteiger partial charge in [-0.05, 0) is 58.9 Å². The van der Waals surface area contributed by atoms with Crippen LogP contribution in [0.15, 0.2) is 72.3 Å². The fourth-order valence-electron chi connectivity index (χ4n) is 4.27. The van der Waals surface area contributed by atoms with E-state index in [2.05, 4.69) is 27.7 Å². The van der Waals surface area contributed by atoms with E-state index < -0.39 is 17.7 Å². The highest BCUT2D eigenvalue weighted by Crippen LogP contribution is 2.43. The van der Waals surface area contributed by atoms with Gasteiger partial charge in [0, 0.05) is 11.3 Å². The van der Waals surface area contributed by atoms with Crippen LogP contribution in [0.1, 0.15) is 56.0 Å². The quantitative estimate of drug-likeness (QED) is 0.226. The Balaban J connectivity index is 1.91. The highest BCUT2D eigenvalue weighted by molar-refractivity contribution is 6.51. The first-order chi connectivity index (χ1) is 16.5. The van der Waals surface area contributed by atoms with Crippen molar-refractivity contribution in [3.05, 3.63) is 105 Å². The van der Waals surface area contributed by atoms with E-state index in [0.717, 1.165) is 23.1 Å². The molecule has 0 saturated carbocycles. The van der Waals surface area contributed by atoms with Crippen molar-refractivity contribution in [2.75, 3.05) is 4.90 Å². The molecule has 0 aromatic heterocycles. The van der Waals surface area contributed by atoms with Gasteiger partial charge < -0.3 is 5.11 Å². The van der Waals surface area contributed by atoms with E-state index in [-0.39, 0.29) is 21.8 Å². The minimum atomic E-state index is -0.796. The summed E-state index contributed by atoms with van der Waals surface area (Å²) >= 11 is 12.2. The number of rotatable bonds is 4. The topological polar surface area (TPSA) is 57.6 Å². The molecule has 1 atom stereocenters. The monoisotopic (exact) mass is 507 g/mol. The van der Waals surface area contributed by atoms with Crippen LogP contribution in [0.5, 0.6) is 0 Å². The van der Waals surface area contributed by atoms with Gasteiger partial charge in [0.1, 0.15) is 5.76 Å². The summed E-state index contributed by atoms with van der Waals surface area (Å²) in [4.78, 5) is 28.1. The summed E-state index contributed by atoms with van der Waals surface area (Å²) in [5.41, 5.74) is 3.81. The normalized spacial score (nSPS) is 17.8. The minimum absolute atomic E-state index is 0.0116. The molecule has 35 heavy (non-hydrogen) atoms. The van der Waals surface area contributed by atoms with E-state index in [4.69, 9.17) is 23.2 Å². The van der Waals surface area contributed by atoms with E-state index in [0.29, 0.717) is 16.3 Å². The van der Waals surface area contributed by atoms with Crippen LogP contribution < -0.4 is 4.90 Å². The van der Waals surface area contributed by atoms with Crippen molar-refractivity contribution in [2.24, 2.45) is 0 Å². The van der Waals surface area contributed by atoms with Crippen LogP contribution in [0.3, 0.4) is 0 Å². The van der Waals surface area contributed by atoms with E-state index in [1.165, 1.54) is 11.0 Å². The largest absolute Gasteiger partial charge is 0.507 e. The standard InChI is InChI=1S/C29H27Cl2NO3/c1-5-17-6-8-18(9-7-17)25-24(26(33)19-10-15-22(30)23(31)16-19)27(34)28(35)32(25)21-13-11-20(12-14-21)29(2,3)4/h6-16,25,33H,5H2,1-4H3/b26-24-. The first-order valence-corrected chi connectivity index (χ1v) is 12.2. The van der Waals surface area contributed by atoms with Crippen LogP contribution in [0.25, 0.3) is 5.76 Å². The van der Waals surface area contributed by atoms with Gasteiger partial charge in [-0.3, -0.25) is 14.5 Å². The molecule has 1 saturated heterocycles. The van der Waals surface area contributed by atoms with Gasteiger partial charge in [-0.2, -0.15) is 0 Å². The van der Waals surface area contributed by atoms with Crippen molar-refractivity contribution in [3.8, 4) is 0 Å². The Hall–Kier alpha value is -3.08. The summed E-state index contributed by atoms with van der Waals surface area (Å²) in [6.07, 6.45) is 0.859. The molecule has 4 nitrogen and oxygen atoms in total. The van der Waals surface area contributed by atoms with Crippen molar-refractivity contribution in [1.29, 1.82) is 0 Å². The molecule has 1 amide bonds. The molecule has 1 N–H and O–H groups in total. The number of carbonyl (C=O) groups excluding carboxylic acids is 2. The average Bonchev–Trinajstić information content (AvgIpc) is 3.10. The van der Waals surface area contributed by atoms with Crippen LogP contribution in [-0.4, -0.2) is 16.8 Å². The van der Waals surface area contributed by atoms with Crippen LogP contribution in [0.2, 0.25) is 10.0 Å². The van der Waals surface area contributed by atoms with Gasteiger partial charge in [0.05, 0.1) is 21.7 Å². The summed E-state index contributed by atoms with van der Waals surface area (Å²) in [7, 11) is 0. The number of ketones is 1. The number of nitrogens with zero attached hydrogens (tertiary/aromatic N) is 1. The Labute approximate surface area is 215 Å². The molecular weight excluding hydrogens is 481 g/mol. The smallest absolute Gasteiger partial charge is 0.300 e. The second kappa shape index (κ2) is 9.52. The number of amides is 1. The van der Waals surface area contributed by atoms with Crippen LogP contribution in [-0.2, 0) is 21.4 Å². The number of aryl methyl sites for hydroxylation is 1. The van der Waals surface area contributed by atoms with Gasteiger partial charge in [0.15, 0.2) is 0 Å². The molecule has 1 aliphatic rings. The molecule has 4 rings (SSSR count). The first kappa shape index (κ1) is 25.0. The molecule has 3 aromatic carbocycles. The summed E-state index contributed by atoms with van der Waals surface area (Å²) in [5, 5.41) is 11.8. The third kappa shape index (κ3) is 4.73. The Bertz CT molecular complexity index is 1320. The highest BCUT2D eigenvalue weighted by atomic mass is 35.5. The number of hydrogen-bond donors (Lipinski definition) is 1. The highest BCUT2D eigenvalue weighted by Gasteiger charge is 2.47. The zero-order valence-corrected chi connectivity index (χ0v) is 21.6. The fourth-order valence-corrected chi connectivity index (χ4v) is 4.57. The third-order valence-electron chi connectivity index (χ3n) is 6.35. The third-order valence-corrected chi connectivity index (χ3v) is 7.09. The Kier molecular flexibility index (Phi) is 6.81. The molecule has 1 fully saturated rings. The number of benzene rings is 3. The van der Waals surface area contributed by atoms with Gasteiger partial charge >= 0.3 is 0 Å². The maximum Gasteiger partial charge on any atom is 0.300 e. The molecule has 0 aliphatic carbocycles. The summed E-state index contributed by atoms with van der Waals surface area (Å²) in [6.45, 7) is 8.39. The van der Waals surface area contributed by atoms with Crippen molar-refractivity contribution < 1.29 is 14.7 Å². The molecule has 3 aromatic rings. The maximum atomic E-state index is 13.3. The van der Waals surface area contributed by atoms with E-state index in [1.807, 2.05) is 48.5 Å². The molecule has 0 radical (unpaired) electrons. The number of anilines is 1. The maximum absolute atomic E-state index is 13.3. The number of halogens is 2.